The van der Waals surface area contributed by atoms with Gasteiger partial charge in [0.2, 0.25) is 5.91 Å². The summed E-state index contributed by atoms with van der Waals surface area (Å²) in [7, 11) is 0. The van der Waals surface area contributed by atoms with Crippen LogP contribution in [-0.4, -0.2) is 23.3 Å². The summed E-state index contributed by atoms with van der Waals surface area (Å²) in [6.45, 7) is 2.63. The van der Waals surface area contributed by atoms with Crippen LogP contribution in [0.15, 0.2) is 46.8 Å². The Balaban J connectivity index is 0.00000253. The van der Waals surface area contributed by atoms with E-state index in [1.54, 1.807) is 11.3 Å². The number of hydrogen-bond acceptors (Lipinski definition) is 5. The molecule has 1 N–H and O–H groups in total. The zero-order valence-electron chi connectivity index (χ0n) is 19.7. The standard InChI is InChI=1S/C28H32N2O2S2.H2/c1-2-32-23-7-8-24-25(14-23)34-27(30-24)33-17-26(31)29-22-5-3-21(4-6-22)28-10-9-18-11-19(15-28)13-20(12-18)16-28;/h3-8,14,18-20H,2,9-13,15-17H2,1H3,(H,29,31);1H. The molecule has 1 aromatic heterocycles. The molecule has 3 aromatic rings. The average molecular weight is 495 g/mol. The molecule has 4 aliphatic rings. The Morgan fingerprint density at radius 3 is 2.68 bits per heavy atom. The molecule has 4 bridgehead atoms. The number of nitrogens with one attached hydrogen (secondary N) is 1. The van der Waals surface area contributed by atoms with Gasteiger partial charge in [-0.2, -0.15) is 0 Å². The SMILES string of the molecule is CCOc1ccc2nc(SCC(=O)Nc3ccc(C45CCC6CC(CC(C6)C4)C5)cc3)sc2c1.[HH]. The van der Waals surface area contributed by atoms with Crippen molar-refractivity contribution in [1.82, 2.24) is 4.98 Å². The zero-order valence-corrected chi connectivity index (χ0v) is 21.4. The number of amides is 1. The molecular weight excluding hydrogens is 460 g/mol. The molecule has 2 unspecified atom stereocenters. The Hall–Kier alpha value is -2.05. The topological polar surface area (TPSA) is 51.2 Å². The van der Waals surface area contributed by atoms with Crippen molar-refractivity contribution in [2.75, 3.05) is 17.7 Å². The Morgan fingerprint density at radius 1 is 1.15 bits per heavy atom. The van der Waals surface area contributed by atoms with E-state index >= 15 is 0 Å². The number of benzene rings is 2. The van der Waals surface area contributed by atoms with Crippen LogP contribution in [0.1, 0.15) is 58.9 Å². The summed E-state index contributed by atoms with van der Waals surface area (Å²) < 4.78 is 7.57. The number of carbonyl (C=O) groups excluding carboxylic acids is 1. The van der Waals surface area contributed by atoms with Crippen molar-refractivity contribution >= 4 is 44.9 Å². The number of ether oxygens (including phenoxy) is 1. The molecule has 0 aliphatic heterocycles. The van der Waals surface area contributed by atoms with Crippen molar-refractivity contribution in [1.29, 1.82) is 0 Å². The first-order valence-electron chi connectivity index (χ1n) is 12.7. The molecule has 0 saturated heterocycles. The predicted octanol–water partition coefficient (Wildman–Crippen LogP) is 7.53. The average Bonchev–Trinajstić information content (AvgIpc) is 3.13. The molecule has 6 heteroatoms. The van der Waals surface area contributed by atoms with Crippen LogP contribution in [0.5, 0.6) is 5.75 Å². The number of carbonyl (C=O) groups is 1. The third-order valence-electron chi connectivity index (χ3n) is 8.15. The highest BCUT2D eigenvalue weighted by Gasteiger charge is 2.48. The summed E-state index contributed by atoms with van der Waals surface area (Å²) in [6.07, 6.45) is 9.89. The summed E-state index contributed by atoms with van der Waals surface area (Å²) in [6, 6.07) is 14.7. The molecule has 0 radical (unpaired) electrons. The maximum absolute atomic E-state index is 12.6. The fraction of sp³-hybridized carbons (Fsp3) is 0.500. The van der Waals surface area contributed by atoms with Gasteiger partial charge in [-0.1, -0.05) is 23.9 Å². The molecule has 4 aliphatic carbocycles. The first-order valence-corrected chi connectivity index (χ1v) is 14.5. The Morgan fingerprint density at radius 2 is 1.91 bits per heavy atom. The smallest absolute Gasteiger partial charge is 0.234 e. The lowest BCUT2D eigenvalue weighted by Gasteiger charge is -2.45. The monoisotopic (exact) mass is 494 g/mol. The quantitative estimate of drug-likeness (QED) is 0.345. The minimum Gasteiger partial charge on any atom is -0.494 e. The highest BCUT2D eigenvalue weighted by Crippen LogP contribution is 2.57. The Labute approximate surface area is 211 Å². The van der Waals surface area contributed by atoms with Gasteiger partial charge in [-0.3, -0.25) is 4.79 Å². The minimum absolute atomic E-state index is 0. The maximum Gasteiger partial charge on any atom is 0.234 e. The molecular formula is C28H34N2O2S2. The van der Waals surface area contributed by atoms with E-state index in [0.717, 1.165) is 43.7 Å². The van der Waals surface area contributed by atoms with Gasteiger partial charge in [0.05, 0.1) is 22.6 Å². The molecule has 2 aromatic carbocycles. The minimum atomic E-state index is 0. The third-order valence-corrected chi connectivity index (χ3v) is 10.3. The number of aromatic nitrogens is 1. The summed E-state index contributed by atoms with van der Waals surface area (Å²) in [5.41, 5.74) is 3.72. The van der Waals surface area contributed by atoms with E-state index < -0.39 is 0 Å². The lowest BCUT2D eigenvalue weighted by atomic mass is 9.59. The number of hydrogen-bond donors (Lipinski definition) is 1. The first kappa shape index (κ1) is 22.4. The molecule has 7 rings (SSSR count). The van der Waals surface area contributed by atoms with Gasteiger partial charge < -0.3 is 10.1 Å². The van der Waals surface area contributed by atoms with Crippen LogP contribution in [0.3, 0.4) is 0 Å². The highest BCUT2D eigenvalue weighted by atomic mass is 32.2. The van der Waals surface area contributed by atoms with Gasteiger partial charge in [0.1, 0.15) is 5.75 Å². The number of thioether (sulfide) groups is 1. The number of thiazole rings is 1. The number of anilines is 1. The molecule has 4 nitrogen and oxygen atoms in total. The van der Waals surface area contributed by atoms with E-state index in [4.69, 9.17) is 4.74 Å². The van der Waals surface area contributed by atoms with Crippen molar-refractivity contribution in [3.8, 4) is 5.75 Å². The van der Waals surface area contributed by atoms with Crippen LogP contribution in [0.4, 0.5) is 5.69 Å². The maximum atomic E-state index is 12.6. The van der Waals surface area contributed by atoms with Gasteiger partial charge in [-0.15, -0.1) is 11.3 Å². The first-order chi connectivity index (χ1) is 16.6. The summed E-state index contributed by atoms with van der Waals surface area (Å²) in [5.74, 6) is 4.08. The zero-order chi connectivity index (χ0) is 23.1. The predicted molar refractivity (Wildman–Crippen MR) is 143 cm³/mol. The molecule has 1 heterocycles. The number of rotatable bonds is 7. The van der Waals surface area contributed by atoms with E-state index in [2.05, 4.69) is 34.6 Å². The van der Waals surface area contributed by atoms with Gasteiger partial charge >= 0.3 is 0 Å². The van der Waals surface area contributed by atoms with E-state index in [9.17, 15) is 4.79 Å². The Bertz CT molecular complexity index is 1180. The van der Waals surface area contributed by atoms with Crippen LogP contribution in [0, 0.1) is 17.8 Å². The van der Waals surface area contributed by atoms with Gasteiger partial charge in [0, 0.05) is 7.11 Å². The van der Waals surface area contributed by atoms with E-state index in [-0.39, 0.29) is 7.33 Å². The van der Waals surface area contributed by atoms with Gasteiger partial charge in [-0.25, -0.2) is 4.98 Å². The van der Waals surface area contributed by atoms with Crippen molar-refractivity contribution in [3.05, 3.63) is 48.0 Å². The number of fused-ring (bicyclic) bond motifs is 2. The molecule has 1 amide bonds. The third kappa shape index (κ3) is 4.47. The van der Waals surface area contributed by atoms with Gasteiger partial charge in [0.25, 0.3) is 0 Å². The van der Waals surface area contributed by atoms with Crippen molar-refractivity contribution in [2.24, 2.45) is 17.8 Å². The summed E-state index contributed by atoms with van der Waals surface area (Å²) in [4.78, 5) is 17.3. The Kier molecular flexibility index (Phi) is 6.06. The van der Waals surface area contributed by atoms with Crippen LogP contribution in [0.25, 0.3) is 10.2 Å². The van der Waals surface area contributed by atoms with Crippen molar-refractivity contribution in [2.45, 2.75) is 61.6 Å². The lowest BCUT2D eigenvalue weighted by Crippen LogP contribution is -2.37. The largest absolute Gasteiger partial charge is 0.494 e. The van der Waals surface area contributed by atoms with Gasteiger partial charge in [0.15, 0.2) is 4.34 Å². The summed E-state index contributed by atoms with van der Waals surface area (Å²) >= 11 is 3.10. The summed E-state index contributed by atoms with van der Waals surface area (Å²) in [5, 5.41) is 3.08. The van der Waals surface area contributed by atoms with Crippen LogP contribution < -0.4 is 10.1 Å². The molecule has 2 atom stereocenters. The second-order valence-electron chi connectivity index (χ2n) is 10.5. The van der Waals surface area contributed by atoms with Crippen molar-refractivity contribution in [3.63, 3.8) is 0 Å². The number of nitrogens with zero attached hydrogens (tertiary/aromatic N) is 1. The highest BCUT2D eigenvalue weighted by molar-refractivity contribution is 8.01. The second kappa shape index (κ2) is 9.19. The normalized spacial score (nSPS) is 27.6. The van der Waals surface area contributed by atoms with Crippen molar-refractivity contribution < 1.29 is 11.0 Å². The van der Waals surface area contributed by atoms with E-state index in [1.165, 1.54) is 62.3 Å². The fourth-order valence-corrected chi connectivity index (χ4v) is 8.86. The van der Waals surface area contributed by atoms with Gasteiger partial charge in [-0.05, 0) is 111 Å². The fourth-order valence-electron chi connectivity index (χ4n) is 6.96. The molecule has 0 spiro atoms. The molecule has 180 valence electrons. The van der Waals surface area contributed by atoms with Crippen LogP contribution in [-0.2, 0) is 10.2 Å². The van der Waals surface area contributed by atoms with E-state index in [1.807, 2.05) is 25.1 Å². The molecule has 4 saturated carbocycles. The van der Waals surface area contributed by atoms with Crippen LogP contribution in [0.2, 0.25) is 0 Å². The lowest BCUT2D eigenvalue weighted by molar-refractivity contribution is -0.113. The van der Waals surface area contributed by atoms with Crippen LogP contribution >= 0.6 is 23.1 Å². The molecule has 4 fully saturated rings. The second-order valence-corrected chi connectivity index (χ2v) is 12.7. The van der Waals surface area contributed by atoms with E-state index in [0.29, 0.717) is 17.8 Å². The molecule has 34 heavy (non-hydrogen) atoms.